The van der Waals surface area contributed by atoms with Gasteiger partial charge in [0.2, 0.25) is 0 Å². The molecular formula is C16H9BrN4O3. The van der Waals surface area contributed by atoms with Crippen molar-refractivity contribution in [2.45, 2.75) is 6.54 Å². The van der Waals surface area contributed by atoms with E-state index in [-0.39, 0.29) is 23.9 Å². The van der Waals surface area contributed by atoms with Crippen LogP contribution in [0, 0.1) is 0 Å². The topological polar surface area (TPSA) is 96.0 Å². The van der Waals surface area contributed by atoms with Gasteiger partial charge in [0.1, 0.15) is 5.52 Å². The number of nitrogens with one attached hydrogen (secondary N) is 1. The second kappa shape index (κ2) is 5.34. The van der Waals surface area contributed by atoms with Crippen LogP contribution in [0.3, 0.4) is 0 Å². The molecule has 24 heavy (non-hydrogen) atoms. The summed E-state index contributed by atoms with van der Waals surface area (Å²) in [7, 11) is 0. The Balaban J connectivity index is 1.80. The summed E-state index contributed by atoms with van der Waals surface area (Å²) in [6.45, 7) is -0.0439. The minimum atomic E-state index is -0.427. The Morgan fingerprint density at radius 1 is 1.08 bits per heavy atom. The van der Waals surface area contributed by atoms with E-state index < -0.39 is 5.56 Å². The highest BCUT2D eigenvalue weighted by Crippen LogP contribution is 2.25. The molecule has 8 heteroatoms. The lowest BCUT2D eigenvalue weighted by Crippen LogP contribution is -2.30. The maximum atomic E-state index is 12.5. The number of fused-ring (bicyclic) bond motifs is 2. The number of H-pyrrole nitrogens is 1. The summed E-state index contributed by atoms with van der Waals surface area (Å²) in [4.78, 5) is 42.0. The number of aromatic amines is 1. The number of hydrogen-bond acceptors (Lipinski definition) is 5. The second-order valence-corrected chi connectivity index (χ2v) is 6.21. The molecule has 0 saturated carbocycles. The molecule has 0 saturated heterocycles. The lowest BCUT2D eigenvalue weighted by Gasteiger charge is -2.14. The van der Waals surface area contributed by atoms with Gasteiger partial charge in [-0.25, -0.2) is 10.1 Å². The van der Waals surface area contributed by atoms with Gasteiger partial charge in [0.15, 0.2) is 0 Å². The molecule has 0 spiro atoms. The Labute approximate surface area is 143 Å². The molecule has 1 aliphatic heterocycles. The van der Waals surface area contributed by atoms with E-state index in [2.05, 4.69) is 31.1 Å². The van der Waals surface area contributed by atoms with Crippen LogP contribution >= 0.6 is 15.9 Å². The standard InChI is InChI=1S/C16H9BrN4O3/c17-8-5-11-12(19-20-14(22)13(11)18-6-8)7-21-15(23)9-3-1-2-4-10(9)16(21)24/h1-6H,7H2,(H,20,22). The lowest BCUT2D eigenvalue weighted by atomic mass is 10.1. The normalized spacial score (nSPS) is 13.6. The third kappa shape index (κ3) is 2.15. The first-order chi connectivity index (χ1) is 11.6. The summed E-state index contributed by atoms with van der Waals surface area (Å²) in [5.74, 6) is -0.751. The molecule has 1 aromatic carbocycles. The molecule has 3 aromatic rings. The first-order valence-electron chi connectivity index (χ1n) is 7.04. The monoisotopic (exact) mass is 384 g/mol. The summed E-state index contributed by atoms with van der Waals surface area (Å²) in [6.07, 6.45) is 1.50. The van der Waals surface area contributed by atoms with E-state index in [0.29, 0.717) is 26.7 Å². The predicted octanol–water partition coefficient (Wildman–Crippen LogP) is 1.88. The second-order valence-electron chi connectivity index (χ2n) is 5.29. The molecule has 118 valence electrons. The molecule has 0 atom stereocenters. The van der Waals surface area contributed by atoms with E-state index in [1.54, 1.807) is 30.3 Å². The van der Waals surface area contributed by atoms with Crippen molar-refractivity contribution in [3.05, 3.63) is 68.2 Å². The van der Waals surface area contributed by atoms with Gasteiger partial charge in [0.05, 0.1) is 23.4 Å². The maximum absolute atomic E-state index is 12.5. The van der Waals surface area contributed by atoms with Gasteiger partial charge in [-0.3, -0.25) is 19.3 Å². The summed E-state index contributed by atoms with van der Waals surface area (Å²) < 4.78 is 0.672. The fourth-order valence-corrected chi connectivity index (χ4v) is 3.06. The smallest absolute Gasteiger partial charge is 0.269 e. The molecule has 7 nitrogen and oxygen atoms in total. The number of imide groups is 1. The number of pyridine rings is 1. The quantitative estimate of drug-likeness (QED) is 0.680. The van der Waals surface area contributed by atoms with Crippen LogP contribution in [0.15, 0.2) is 45.8 Å². The highest BCUT2D eigenvalue weighted by Gasteiger charge is 2.35. The van der Waals surface area contributed by atoms with Crippen LogP contribution in [-0.4, -0.2) is 31.9 Å². The zero-order valence-electron chi connectivity index (χ0n) is 12.1. The van der Waals surface area contributed by atoms with Crippen LogP contribution in [0.2, 0.25) is 0 Å². The molecule has 1 N–H and O–H groups in total. The lowest BCUT2D eigenvalue weighted by molar-refractivity contribution is 0.0641. The third-order valence-corrected chi connectivity index (χ3v) is 4.29. The Bertz CT molecular complexity index is 1040. The van der Waals surface area contributed by atoms with Crippen molar-refractivity contribution in [2.24, 2.45) is 0 Å². The van der Waals surface area contributed by atoms with E-state index in [0.717, 1.165) is 4.90 Å². The van der Waals surface area contributed by atoms with Crippen molar-refractivity contribution < 1.29 is 9.59 Å². The van der Waals surface area contributed by atoms with Crippen LogP contribution in [0.5, 0.6) is 0 Å². The Kier molecular flexibility index (Phi) is 3.27. The third-order valence-electron chi connectivity index (χ3n) is 3.86. The molecule has 0 aliphatic carbocycles. The minimum Gasteiger partial charge on any atom is -0.269 e. The van der Waals surface area contributed by atoms with Crippen molar-refractivity contribution in [3.8, 4) is 0 Å². The van der Waals surface area contributed by atoms with Gasteiger partial charge in [-0.15, -0.1) is 0 Å². The number of aromatic nitrogens is 3. The molecule has 0 unspecified atom stereocenters. The van der Waals surface area contributed by atoms with Crippen LogP contribution in [-0.2, 0) is 6.54 Å². The molecule has 2 amide bonds. The van der Waals surface area contributed by atoms with E-state index in [1.165, 1.54) is 6.20 Å². The van der Waals surface area contributed by atoms with Crippen molar-refractivity contribution in [1.82, 2.24) is 20.1 Å². The van der Waals surface area contributed by atoms with Crippen LogP contribution < -0.4 is 5.56 Å². The summed E-state index contributed by atoms with van der Waals surface area (Å²) in [6, 6.07) is 8.35. The molecule has 4 rings (SSSR count). The minimum absolute atomic E-state index is 0.0439. The summed E-state index contributed by atoms with van der Waals surface area (Å²) in [5, 5.41) is 6.84. The van der Waals surface area contributed by atoms with Crippen molar-refractivity contribution >= 4 is 38.6 Å². The zero-order valence-corrected chi connectivity index (χ0v) is 13.7. The van der Waals surface area contributed by atoms with Gasteiger partial charge in [-0.2, -0.15) is 5.10 Å². The SMILES string of the molecule is O=C1c2ccccc2C(=O)N1Cc1n[nH]c(=O)c2ncc(Br)cc12. The molecule has 2 aromatic heterocycles. The highest BCUT2D eigenvalue weighted by atomic mass is 79.9. The molecular weight excluding hydrogens is 376 g/mol. The van der Waals surface area contributed by atoms with Crippen molar-refractivity contribution in [1.29, 1.82) is 0 Å². The number of carbonyl (C=O) groups is 2. The zero-order chi connectivity index (χ0) is 16.8. The first kappa shape index (κ1) is 14.7. The van der Waals surface area contributed by atoms with Crippen molar-refractivity contribution in [2.75, 3.05) is 0 Å². The summed E-state index contributed by atoms with van der Waals surface area (Å²) >= 11 is 3.30. The number of halogens is 1. The first-order valence-corrected chi connectivity index (χ1v) is 7.83. The fraction of sp³-hybridized carbons (Fsp3) is 0.0625. The van der Waals surface area contributed by atoms with Crippen LogP contribution in [0.1, 0.15) is 26.4 Å². The number of carbonyl (C=O) groups excluding carboxylic acids is 2. The molecule has 0 bridgehead atoms. The predicted molar refractivity (Wildman–Crippen MR) is 88.5 cm³/mol. The van der Waals surface area contributed by atoms with E-state index in [9.17, 15) is 14.4 Å². The van der Waals surface area contributed by atoms with Crippen LogP contribution in [0.25, 0.3) is 10.9 Å². The number of amides is 2. The van der Waals surface area contributed by atoms with Crippen molar-refractivity contribution in [3.63, 3.8) is 0 Å². The number of rotatable bonds is 2. The van der Waals surface area contributed by atoms with E-state index in [4.69, 9.17) is 0 Å². The number of hydrogen-bond donors (Lipinski definition) is 1. The van der Waals surface area contributed by atoms with Crippen LogP contribution in [0.4, 0.5) is 0 Å². The molecule has 0 fully saturated rings. The number of nitrogens with zero attached hydrogens (tertiary/aromatic N) is 3. The van der Waals surface area contributed by atoms with Gasteiger partial charge >= 0.3 is 0 Å². The van der Waals surface area contributed by atoms with E-state index >= 15 is 0 Å². The maximum Gasteiger partial charge on any atom is 0.290 e. The van der Waals surface area contributed by atoms with Gasteiger partial charge in [0.25, 0.3) is 17.4 Å². The average Bonchev–Trinajstić information content (AvgIpc) is 2.82. The van der Waals surface area contributed by atoms with Gasteiger partial charge < -0.3 is 0 Å². The van der Waals surface area contributed by atoms with E-state index in [1.807, 2.05) is 0 Å². The van der Waals surface area contributed by atoms with Gasteiger partial charge in [-0.05, 0) is 34.1 Å². The fourth-order valence-electron chi connectivity index (χ4n) is 2.72. The Hall–Kier alpha value is -2.87. The largest absolute Gasteiger partial charge is 0.290 e. The highest BCUT2D eigenvalue weighted by molar-refractivity contribution is 9.10. The average molecular weight is 385 g/mol. The van der Waals surface area contributed by atoms with Gasteiger partial charge in [0, 0.05) is 16.1 Å². The Morgan fingerprint density at radius 3 is 2.42 bits per heavy atom. The number of benzene rings is 1. The van der Waals surface area contributed by atoms with Gasteiger partial charge in [-0.1, -0.05) is 12.1 Å². The molecule has 0 radical (unpaired) electrons. The molecule has 1 aliphatic rings. The molecule has 3 heterocycles. The Morgan fingerprint density at radius 2 is 1.75 bits per heavy atom. The summed E-state index contributed by atoms with van der Waals surface area (Å²) in [5.41, 5.74) is 0.919.